The van der Waals surface area contributed by atoms with E-state index in [4.69, 9.17) is 15.2 Å². The van der Waals surface area contributed by atoms with Crippen molar-refractivity contribution in [3.63, 3.8) is 0 Å². The van der Waals surface area contributed by atoms with Crippen LogP contribution in [0.1, 0.15) is 56.7 Å². The van der Waals surface area contributed by atoms with Crippen molar-refractivity contribution in [2.24, 2.45) is 17.6 Å². The quantitative estimate of drug-likeness (QED) is 0.486. The van der Waals surface area contributed by atoms with Gasteiger partial charge in [-0.05, 0) is 67.0 Å². The van der Waals surface area contributed by atoms with Crippen molar-refractivity contribution in [2.45, 2.75) is 44.7 Å². The standard InChI is InChI=1S/C29H28N2O5S/c1-15-5-3-4-6-19(15)26(32)22-23(27-16(2)11-12-37-27)25(28(30)33)31(29(34)17-7-8-17)24(22)18-9-10-20-21(13-18)36-14-35-20/h3-6,9-13,17,22-25H,7-8,14H2,1-2H3,(H2,30,33). The first-order chi connectivity index (χ1) is 17.9. The third-order valence-corrected chi connectivity index (χ3v) is 8.92. The molecule has 2 fully saturated rings. The van der Waals surface area contributed by atoms with Crippen LogP contribution in [0.5, 0.6) is 11.5 Å². The minimum Gasteiger partial charge on any atom is -0.454 e. The van der Waals surface area contributed by atoms with Crippen LogP contribution in [0.4, 0.5) is 0 Å². The molecule has 2 aliphatic heterocycles. The van der Waals surface area contributed by atoms with Crippen molar-refractivity contribution in [1.82, 2.24) is 4.90 Å². The first-order valence-corrected chi connectivity index (χ1v) is 13.4. The van der Waals surface area contributed by atoms with Gasteiger partial charge in [0.2, 0.25) is 18.6 Å². The Kier molecular flexibility index (Phi) is 5.79. The summed E-state index contributed by atoms with van der Waals surface area (Å²) in [6.07, 6.45) is 1.54. The maximum atomic E-state index is 14.5. The lowest BCUT2D eigenvalue weighted by Gasteiger charge is -2.31. The van der Waals surface area contributed by atoms with Gasteiger partial charge in [0.15, 0.2) is 17.3 Å². The smallest absolute Gasteiger partial charge is 0.240 e. The molecule has 4 unspecified atom stereocenters. The van der Waals surface area contributed by atoms with E-state index >= 15 is 0 Å². The average Bonchev–Trinajstić information content (AvgIpc) is 3.31. The molecule has 0 spiro atoms. The highest BCUT2D eigenvalue weighted by Gasteiger charge is 2.59. The lowest BCUT2D eigenvalue weighted by atomic mass is 9.77. The summed E-state index contributed by atoms with van der Waals surface area (Å²) in [5, 5.41) is 1.96. The minimum atomic E-state index is -0.946. The van der Waals surface area contributed by atoms with Crippen LogP contribution in [0.3, 0.4) is 0 Å². The summed E-state index contributed by atoms with van der Waals surface area (Å²) in [7, 11) is 0. The summed E-state index contributed by atoms with van der Waals surface area (Å²) < 4.78 is 11.2. The number of ether oxygens (including phenoxy) is 2. The van der Waals surface area contributed by atoms with Crippen molar-refractivity contribution >= 4 is 28.9 Å². The average molecular weight is 517 g/mol. The Morgan fingerprint density at radius 2 is 1.73 bits per heavy atom. The number of aryl methyl sites for hydroxylation is 2. The molecule has 3 aliphatic rings. The second-order valence-electron chi connectivity index (χ2n) is 10.1. The first kappa shape index (κ1) is 23.7. The number of primary amides is 1. The zero-order valence-electron chi connectivity index (χ0n) is 20.7. The maximum absolute atomic E-state index is 14.5. The van der Waals surface area contributed by atoms with E-state index in [0.717, 1.165) is 34.4 Å². The fourth-order valence-electron chi connectivity index (χ4n) is 5.87. The molecule has 7 nitrogen and oxygen atoms in total. The number of thiophene rings is 1. The molecule has 3 heterocycles. The van der Waals surface area contributed by atoms with Crippen LogP contribution >= 0.6 is 11.3 Å². The molecule has 1 aromatic heterocycles. The molecular formula is C29H28N2O5S. The van der Waals surface area contributed by atoms with E-state index in [1.165, 1.54) is 11.3 Å². The van der Waals surface area contributed by atoms with Crippen molar-refractivity contribution in [1.29, 1.82) is 0 Å². The Balaban J connectivity index is 1.59. The summed E-state index contributed by atoms with van der Waals surface area (Å²) >= 11 is 1.50. The third-order valence-electron chi connectivity index (χ3n) is 7.80. The minimum absolute atomic E-state index is 0.101. The van der Waals surface area contributed by atoms with Gasteiger partial charge in [0.1, 0.15) is 6.04 Å². The molecule has 0 bridgehead atoms. The molecule has 1 saturated carbocycles. The number of carbonyl (C=O) groups excluding carboxylic acids is 3. The zero-order chi connectivity index (χ0) is 25.8. The SMILES string of the molecule is Cc1ccccc1C(=O)C1C(c2sccc2C)C(C(N)=O)N(C(=O)C2CC2)C1c1ccc2c(c1)OCO2. The zero-order valence-corrected chi connectivity index (χ0v) is 21.5. The van der Waals surface area contributed by atoms with Crippen LogP contribution in [0.15, 0.2) is 53.9 Å². The van der Waals surface area contributed by atoms with E-state index in [1.54, 1.807) is 11.0 Å². The molecule has 1 aliphatic carbocycles. The van der Waals surface area contributed by atoms with Gasteiger partial charge in [-0.3, -0.25) is 14.4 Å². The Morgan fingerprint density at radius 1 is 0.973 bits per heavy atom. The highest BCUT2D eigenvalue weighted by molar-refractivity contribution is 7.10. The van der Waals surface area contributed by atoms with E-state index in [9.17, 15) is 14.4 Å². The summed E-state index contributed by atoms with van der Waals surface area (Å²) in [6, 6.07) is 13.3. The molecule has 3 aromatic rings. The number of nitrogens with zero attached hydrogens (tertiary/aromatic N) is 1. The lowest BCUT2D eigenvalue weighted by Crippen LogP contribution is -2.47. The Bertz CT molecular complexity index is 1410. The van der Waals surface area contributed by atoms with Crippen LogP contribution in [0.2, 0.25) is 0 Å². The molecule has 2 amide bonds. The van der Waals surface area contributed by atoms with E-state index < -0.39 is 29.8 Å². The van der Waals surface area contributed by atoms with E-state index in [1.807, 2.05) is 61.7 Å². The first-order valence-electron chi connectivity index (χ1n) is 12.5. The number of nitrogens with two attached hydrogens (primary N) is 1. The van der Waals surface area contributed by atoms with E-state index in [0.29, 0.717) is 17.1 Å². The molecule has 8 heteroatoms. The van der Waals surface area contributed by atoms with Gasteiger partial charge in [-0.25, -0.2) is 0 Å². The number of hydrogen-bond acceptors (Lipinski definition) is 6. The summed E-state index contributed by atoms with van der Waals surface area (Å²) in [4.78, 5) is 44.1. The van der Waals surface area contributed by atoms with Gasteiger partial charge in [-0.15, -0.1) is 11.3 Å². The van der Waals surface area contributed by atoms with Gasteiger partial charge in [-0.2, -0.15) is 0 Å². The van der Waals surface area contributed by atoms with E-state index in [2.05, 4.69) is 0 Å². The topological polar surface area (TPSA) is 98.9 Å². The summed E-state index contributed by atoms with van der Waals surface area (Å²) in [5.41, 5.74) is 9.21. The number of benzene rings is 2. The normalized spacial score (nSPS) is 24.3. The Morgan fingerprint density at radius 3 is 2.41 bits per heavy atom. The number of carbonyl (C=O) groups is 3. The second kappa shape index (κ2) is 9.03. The number of fused-ring (bicyclic) bond motifs is 1. The van der Waals surface area contributed by atoms with E-state index in [-0.39, 0.29) is 24.4 Å². The summed E-state index contributed by atoms with van der Waals surface area (Å²) in [5.74, 6) is -1.08. The maximum Gasteiger partial charge on any atom is 0.240 e. The van der Waals surface area contributed by atoms with Crippen LogP contribution in [-0.2, 0) is 9.59 Å². The van der Waals surface area contributed by atoms with Crippen molar-refractivity contribution in [3.8, 4) is 11.5 Å². The molecule has 4 atom stereocenters. The molecule has 2 N–H and O–H groups in total. The molecule has 2 aromatic carbocycles. The van der Waals surface area contributed by atoms with Crippen molar-refractivity contribution in [2.75, 3.05) is 6.79 Å². The molecule has 1 saturated heterocycles. The Labute approximate surface area is 219 Å². The van der Waals surface area contributed by atoms with Crippen LogP contribution < -0.4 is 15.2 Å². The predicted octanol–water partition coefficient (Wildman–Crippen LogP) is 4.52. The van der Waals surface area contributed by atoms with Crippen LogP contribution in [0.25, 0.3) is 0 Å². The van der Waals surface area contributed by atoms with Gasteiger partial charge in [0.05, 0.1) is 12.0 Å². The third kappa shape index (κ3) is 3.91. The van der Waals surface area contributed by atoms with Gasteiger partial charge in [0.25, 0.3) is 0 Å². The van der Waals surface area contributed by atoms with Crippen molar-refractivity contribution < 1.29 is 23.9 Å². The van der Waals surface area contributed by atoms with Crippen LogP contribution in [0, 0.1) is 25.7 Å². The lowest BCUT2D eigenvalue weighted by molar-refractivity contribution is -0.140. The predicted molar refractivity (Wildman–Crippen MR) is 139 cm³/mol. The van der Waals surface area contributed by atoms with Gasteiger partial charge >= 0.3 is 0 Å². The largest absolute Gasteiger partial charge is 0.454 e. The number of likely N-dealkylation sites (tertiary alicyclic amines) is 1. The highest BCUT2D eigenvalue weighted by atomic mass is 32.1. The Hall–Kier alpha value is -3.65. The van der Waals surface area contributed by atoms with Gasteiger partial charge in [0, 0.05) is 22.3 Å². The van der Waals surface area contributed by atoms with Crippen LogP contribution in [-0.4, -0.2) is 35.3 Å². The molecular weight excluding hydrogens is 488 g/mol. The number of amides is 2. The van der Waals surface area contributed by atoms with Gasteiger partial charge in [-0.1, -0.05) is 30.3 Å². The molecule has 0 radical (unpaired) electrons. The fourth-order valence-corrected chi connectivity index (χ4v) is 6.98. The number of hydrogen-bond donors (Lipinski definition) is 1. The second-order valence-corrected chi connectivity index (χ2v) is 11.1. The number of Topliss-reactive ketones (excluding diaryl/α,β-unsaturated/α-hetero) is 1. The highest BCUT2D eigenvalue weighted by Crippen LogP contribution is 2.55. The van der Waals surface area contributed by atoms with Gasteiger partial charge < -0.3 is 20.1 Å². The fraction of sp³-hybridized carbons (Fsp3) is 0.345. The molecule has 190 valence electrons. The van der Waals surface area contributed by atoms with Crippen molar-refractivity contribution in [3.05, 3.63) is 81.0 Å². The number of rotatable bonds is 6. The number of ketones is 1. The molecule has 6 rings (SSSR count). The summed E-state index contributed by atoms with van der Waals surface area (Å²) in [6.45, 7) is 3.99. The monoisotopic (exact) mass is 516 g/mol. The molecule has 37 heavy (non-hydrogen) atoms.